The molecule has 1 aromatic carbocycles. The van der Waals surface area contributed by atoms with Gasteiger partial charge in [-0.2, -0.15) is 0 Å². The molecular formula is C16H26N2O. The predicted molar refractivity (Wildman–Crippen MR) is 80.7 cm³/mol. The summed E-state index contributed by atoms with van der Waals surface area (Å²) in [6.45, 7) is 7.68. The maximum absolute atomic E-state index is 9.35. The van der Waals surface area contributed by atoms with Crippen LogP contribution in [0.2, 0.25) is 0 Å². The van der Waals surface area contributed by atoms with E-state index in [0.717, 1.165) is 26.1 Å². The molecule has 1 aromatic rings. The minimum Gasteiger partial charge on any atom is -0.395 e. The SMILES string of the molecule is CCNC(CO)CCN1CC(C)Cc2ccccc21. The zero-order valence-corrected chi connectivity index (χ0v) is 12.1. The summed E-state index contributed by atoms with van der Waals surface area (Å²) in [4.78, 5) is 2.48. The second kappa shape index (κ2) is 6.92. The third-order valence-electron chi connectivity index (χ3n) is 3.89. The molecule has 3 heteroatoms. The van der Waals surface area contributed by atoms with Crippen LogP contribution in [0, 0.1) is 5.92 Å². The van der Waals surface area contributed by atoms with Gasteiger partial charge in [-0.05, 0) is 36.9 Å². The van der Waals surface area contributed by atoms with E-state index in [-0.39, 0.29) is 12.6 Å². The van der Waals surface area contributed by atoms with Crippen LogP contribution in [0.5, 0.6) is 0 Å². The van der Waals surface area contributed by atoms with E-state index in [2.05, 4.69) is 48.3 Å². The summed E-state index contributed by atoms with van der Waals surface area (Å²) in [5, 5.41) is 12.7. The van der Waals surface area contributed by atoms with Crippen molar-refractivity contribution in [2.75, 3.05) is 31.1 Å². The van der Waals surface area contributed by atoms with Crippen molar-refractivity contribution in [1.29, 1.82) is 0 Å². The van der Waals surface area contributed by atoms with E-state index in [4.69, 9.17) is 0 Å². The number of fused-ring (bicyclic) bond motifs is 1. The van der Waals surface area contributed by atoms with Crippen molar-refractivity contribution < 1.29 is 5.11 Å². The summed E-state index contributed by atoms with van der Waals surface area (Å²) >= 11 is 0. The first kappa shape index (κ1) is 14.4. The van der Waals surface area contributed by atoms with E-state index >= 15 is 0 Å². The van der Waals surface area contributed by atoms with Crippen LogP contribution in [0.15, 0.2) is 24.3 Å². The molecule has 0 fully saturated rings. The zero-order valence-electron chi connectivity index (χ0n) is 12.1. The summed E-state index contributed by atoms with van der Waals surface area (Å²) < 4.78 is 0. The fourth-order valence-electron chi connectivity index (χ4n) is 2.98. The molecule has 0 saturated carbocycles. The molecule has 0 bridgehead atoms. The molecule has 0 spiro atoms. The highest BCUT2D eigenvalue weighted by molar-refractivity contribution is 5.55. The molecule has 19 heavy (non-hydrogen) atoms. The van der Waals surface area contributed by atoms with Crippen molar-refractivity contribution in [3.05, 3.63) is 29.8 Å². The van der Waals surface area contributed by atoms with Gasteiger partial charge in [0.05, 0.1) is 6.61 Å². The van der Waals surface area contributed by atoms with Crippen molar-refractivity contribution in [3.8, 4) is 0 Å². The Hall–Kier alpha value is -1.06. The van der Waals surface area contributed by atoms with Crippen molar-refractivity contribution in [1.82, 2.24) is 5.32 Å². The first-order chi connectivity index (χ1) is 9.24. The lowest BCUT2D eigenvalue weighted by Gasteiger charge is -2.35. The lowest BCUT2D eigenvalue weighted by atomic mass is 9.93. The lowest BCUT2D eigenvalue weighted by Crippen LogP contribution is -2.40. The number of nitrogens with one attached hydrogen (secondary N) is 1. The molecule has 2 N–H and O–H groups in total. The minimum atomic E-state index is 0.217. The highest BCUT2D eigenvalue weighted by Gasteiger charge is 2.21. The van der Waals surface area contributed by atoms with Crippen LogP contribution in [-0.4, -0.2) is 37.4 Å². The van der Waals surface area contributed by atoms with Crippen molar-refractivity contribution >= 4 is 5.69 Å². The van der Waals surface area contributed by atoms with Crippen molar-refractivity contribution in [2.45, 2.75) is 32.7 Å². The van der Waals surface area contributed by atoms with E-state index in [1.165, 1.54) is 17.7 Å². The Morgan fingerprint density at radius 1 is 1.42 bits per heavy atom. The molecule has 1 aliphatic rings. The van der Waals surface area contributed by atoms with Gasteiger partial charge < -0.3 is 15.3 Å². The highest BCUT2D eigenvalue weighted by atomic mass is 16.3. The van der Waals surface area contributed by atoms with Gasteiger partial charge >= 0.3 is 0 Å². The zero-order chi connectivity index (χ0) is 13.7. The number of hydrogen-bond acceptors (Lipinski definition) is 3. The summed E-state index contributed by atoms with van der Waals surface area (Å²) in [5.41, 5.74) is 2.85. The fourth-order valence-corrected chi connectivity index (χ4v) is 2.98. The number of benzene rings is 1. The fraction of sp³-hybridized carbons (Fsp3) is 0.625. The molecule has 106 valence electrons. The second-order valence-electron chi connectivity index (χ2n) is 5.61. The molecule has 1 aliphatic heterocycles. The number of hydrogen-bond donors (Lipinski definition) is 2. The number of nitrogens with zero attached hydrogens (tertiary/aromatic N) is 1. The number of rotatable bonds is 6. The number of aliphatic hydroxyl groups is 1. The van der Waals surface area contributed by atoms with Gasteiger partial charge in [-0.3, -0.25) is 0 Å². The molecule has 0 saturated heterocycles. The van der Waals surface area contributed by atoms with Crippen LogP contribution in [0.25, 0.3) is 0 Å². The lowest BCUT2D eigenvalue weighted by molar-refractivity contribution is 0.238. The summed E-state index contributed by atoms with van der Waals surface area (Å²) in [6.07, 6.45) is 2.18. The predicted octanol–water partition coefficient (Wildman–Crippen LogP) is 2.05. The summed E-state index contributed by atoms with van der Waals surface area (Å²) in [5.74, 6) is 0.710. The number of likely N-dealkylation sites (N-methyl/N-ethyl adjacent to an activating group) is 1. The molecule has 0 amide bonds. The Balaban J connectivity index is 2.00. The number of aliphatic hydroxyl groups excluding tert-OH is 1. The van der Waals surface area contributed by atoms with Crippen LogP contribution in [0.3, 0.4) is 0 Å². The number of para-hydroxylation sites is 1. The molecule has 2 unspecified atom stereocenters. The van der Waals surface area contributed by atoms with Crippen LogP contribution in [0.1, 0.15) is 25.8 Å². The maximum Gasteiger partial charge on any atom is 0.0585 e. The van der Waals surface area contributed by atoms with Gasteiger partial charge in [0.2, 0.25) is 0 Å². The van der Waals surface area contributed by atoms with Gasteiger partial charge in [0.15, 0.2) is 0 Å². The van der Waals surface area contributed by atoms with E-state index in [1.54, 1.807) is 0 Å². The van der Waals surface area contributed by atoms with Gasteiger partial charge in [0.1, 0.15) is 0 Å². The van der Waals surface area contributed by atoms with E-state index < -0.39 is 0 Å². The van der Waals surface area contributed by atoms with Gasteiger partial charge in [0.25, 0.3) is 0 Å². The van der Waals surface area contributed by atoms with Gasteiger partial charge in [0, 0.05) is 24.8 Å². The molecule has 0 radical (unpaired) electrons. The smallest absolute Gasteiger partial charge is 0.0585 e. The van der Waals surface area contributed by atoms with Gasteiger partial charge in [-0.25, -0.2) is 0 Å². The number of anilines is 1. The first-order valence-corrected chi connectivity index (χ1v) is 7.41. The van der Waals surface area contributed by atoms with E-state index in [9.17, 15) is 5.11 Å². The molecule has 2 rings (SSSR count). The van der Waals surface area contributed by atoms with E-state index in [1.807, 2.05) is 0 Å². The Morgan fingerprint density at radius 3 is 2.95 bits per heavy atom. The van der Waals surface area contributed by atoms with Crippen molar-refractivity contribution in [2.24, 2.45) is 5.92 Å². The van der Waals surface area contributed by atoms with Gasteiger partial charge in [-0.1, -0.05) is 32.0 Å². The standard InChI is InChI=1S/C16H26N2O/c1-3-17-15(12-19)8-9-18-11-13(2)10-14-6-4-5-7-16(14)18/h4-7,13,15,17,19H,3,8-12H2,1-2H3. The summed E-state index contributed by atoms with van der Waals surface area (Å²) in [7, 11) is 0. The molecule has 0 aliphatic carbocycles. The normalized spacial score (nSPS) is 20.2. The molecule has 0 aromatic heterocycles. The average Bonchev–Trinajstić information content (AvgIpc) is 2.43. The van der Waals surface area contributed by atoms with E-state index in [0.29, 0.717) is 5.92 Å². The Kier molecular flexibility index (Phi) is 5.23. The Bertz CT molecular complexity index is 394. The van der Waals surface area contributed by atoms with Crippen LogP contribution in [0.4, 0.5) is 5.69 Å². The molecular weight excluding hydrogens is 236 g/mol. The van der Waals surface area contributed by atoms with Crippen LogP contribution >= 0.6 is 0 Å². The van der Waals surface area contributed by atoms with Gasteiger partial charge in [-0.15, -0.1) is 0 Å². The first-order valence-electron chi connectivity index (χ1n) is 7.41. The monoisotopic (exact) mass is 262 g/mol. The third-order valence-corrected chi connectivity index (χ3v) is 3.89. The third kappa shape index (κ3) is 3.71. The van der Waals surface area contributed by atoms with Crippen LogP contribution in [-0.2, 0) is 6.42 Å². The largest absolute Gasteiger partial charge is 0.395 e. The minimum absolute atomic E-state index is 0.217. The average molecular weight is 262 g/mol. The Labute approximate surface area is 116 Å². The molecule has 3 nitrogen and oxygen atoms in total. The van der Waals surface area contributed by atoms with Crippen LogP contribution < -0.4 is 10.2 Å². The highest BCUT2D eigenvalue weighted by Crippen LogP contribution is 2.29. The molecule has 2 atom stereocenters. The second-order valence-corrected chi connectivity index (χ2v) is 5.61. The summed E-state index contributed by atoms with van der Waals surface area (Å²) in [6, 6.07) is 8.93. The van der Waals surface area contributed by atoms with Crippen molar-refractivity contribution in [3.63, 3.8) is 0 Å². The topological polar surface area (TPSA) is 35.5 Å². The molecule has 1 heterocycles. The maximum atomic E-state index is 9.35. The quantitative estimate of drug-likeness (QED) is 0.823. The Morgan fingerprint density at radius 2 is 2.21 bits per heavy atom.